The number of esters is 8. The lowest BCUT2D eigenvalue weighted by Crippen LogP contribution is -2.69. The molecule has 2 fully saturated rings. The van der Waals surface area contributed by atoms with Gasteiger partial charge in [0, 0.05) is 54.4 Å². The van der Waals surface area contributed by atoms with Crippen LogP contribution >= 0.6 is 0 Å². The number of carbonyl (C=O) groups excluding carboxylic acids is 10. The minimum absolute atomic E-state index is 0.423. The number of hydrogen-bond donors (Lipinski definition) is 2. The molecule has 2 amide bonds. The molecule has 0 saturated carbocycles. The highest BCUT2D eigenvalue weighted by Gasteiger charge is 2.58. The summed E-state index contributed by atoms with van der Waals surface area (Å²) in [4.78, 5) is 129. The van der Waals surface area contributed by atoms with E-state index >= 15 is 0 Å². The van der Waals surface area contributed by atoms with Gasteiger partial charge in [0.05, 0.1) is 6.42 Å². The Morgan fingerprint density at radius 3 is 1.44 bits per heavy atom. The number of fused-ring (bicyclic) bond motifs is 3. The average molecular weight is 1140 g/mol. The van der Waals surface area contributed by atoms with Crippen molar-refractivity contribution in [2.75, 3.05) is 19.8 Å². The van der Waals surface area contributed by atoms with Crippen LogP contribution in [0.4, 0.5) is 26.7 Å². The minimum Gasteiger partial charge on any atom is -0.463 e. The molecule has 29 heteroatoms. The van der Waals surface area contributed by atoms with Crippen LogP contribution in [0.1, 0.15) is 71.9 Å². The highest BCUT2D eigenvalue weighted by atomic mass is 19.2. The Kier molecular flexibility index (Phi) is 20.2. The second-order valence-electron chi connectivity index (χ2n) is 17.8. The van der Waals surface area contributed by atoms with Crippen molar-refractivity contribution in [3.05, 3.63) is 88.7 Å². The number of rotatable bonds is 19. The summed E-state index contributed by atoms with van der Waals surface area (Å²) in [5.74, 6) is -26.4. The van der Waals surface area contributed by atoms with Gasteiger partial charge in [0.2, 0.25) is 40.7 Å². The largest absolute Gasteiger partial charge is 0.463 e. The minimum atomic E-state index is -2.62. The number of carbonyl (C=O) groups is 10. The molecule has 1 aliphatic carbocycles. The number of benzene rings is 3. The molecule has 0 aromatic heterocycles. The Balaban J connectivity index is 1.35. The summed E-state index contributed by atoms with van der Waals surface area (Å²) in [6, 6.07) is 11.7. The van der Waals surface area contributed by atoms with Gasteiger partial charge in [-0.25, -0.2) is 22.8 Å². The Morgan fingerprint density at radius 1 is 0.500 bits per heavy atom. The third-order valence-electron chi connectivity index (χ3n) is 11.9. The zero-order valence-corrected chi connectivity index (χ0v) is 43.2. The van der Waals surface area contributed by atoms with E-state index in [2.05, 4.69) is 10.1 Å². The van der Waals surface area contributed by atoms with Crippen molar-refractivity contribution < 1.29 is 127 Å². The number of nitrogens with one attached hydrogen (secondary N) is 2. The van der Waals surface area contributed by atoms with Crippen LogP contribution in [0.5, 0.6) is 5.75 Å². The van der Waals surface area contributed by atoms with Crippen molar-refractivity contribution in [1.82, 2.24) is 10.6 Å². The zero-order chi connectivity index (χ0) is 58.9. The Hall–Kier alpha value is -8.31. The molecular weight excluding hydrogens is 1090 g/mol. The van der Waals surface area contributed by atoms with Crippen LogP contribution in [0.3, 0.4) is 0 Å². The van der Waals surface area contributed by atoms with Crippen LogP contribution in [0.2, 0.25) is 0 Å². The van der Waals surface area contributed by atoms with Gasteiger partial charge in [0.25, 0.3) is 0 Å². The van der Waals surface area contributed by atoms with E-state index in [0.29, 0.717) is 0 Å². The van der Waals surface area contributed by atoms with Crippen LogP contribution in [-0.2, 0) is 95.3 Å². The fourth-order valence-electron chi connectivity index (χ4n) is 8.85. The first-order chi connectivity index (χ1) is 37.7. The quantitative estimate of drug-likeness (QED) is 0.0434. The maximum atomic E-state index is 14.9. The zero-order valence-electron chi connectivity index (χ0n) is 43.2. The predicted octanol–water partition coefficient (Wildman–Crippen LogP) is 3.32. The van der Waals surface area contributed by atoms with Crippen LogP contribution in [0, 0.1) is 29.1 Å². The van der Waals surface area contributed by atoms with Crippen molar-refractivity contribution in [2.24, 2.45) is 0 Å². The highest BCUT2D eigenvalue weighted by Crippen LogP contribution is 2.45. The summed E-state index contributed by atoms with van der Waals surface area (Å²) >= 11 is 0. The van der Waals surface area contributed by atoms with Crippen molar-refractivity contribution in [3.8, 4) is 16.9 Å². The molecule has 432 valence electrons. The molecule has 0 radical (unpaired) electrons. The molecule has 11 atom stereocenters. The molecule has 0 spiro atoms. The van der Waals surface area contributed by atoms with Crippen LogP contribution < -0.4 is 15.4 Å². The molecule has 6 rings (SSSR count). The van der Waals surface area contributed by atoms with Gasteiger partial charge < -0.3 is 67.5 Å². The molecule has 0 bridgehead atoms. The van der Waals surface area contributed by atoms with Crippen LogP contribution in [0.15, 0.2) is 48.5 Å². The first kappa shape index (κ1) is 60.9. The van der Waals surface area contributed by atoms with Gasteiger partial charge in [0.1, 0.15) is 44.2 Å². The second kappa shape index (κ2) is 26.6. The molecular formula is C51H51F5N2O22. The molecule has 3 aromatic carbocycles. The summed E-state index contributed by atoms with van der Waals surface area (Å²) in [5, 5.41) is 4.19. The van der Waals surface area contributed by atoms with Crippen molar-refractivity contribution in [2.45, 2.75) is 128 Å². The van der Waals surface area contributed by atoms with Crippen LogP contribution in [0.25, 0.3) is 11.1 Å². The second-order valence-corrected chi connectivity index (χ2v) is 17.8. The van der Waals surface area contributed by atoms with Gasteiger partial charge in [0.15, 0.2) is 43.0 Å². The Labute approximate surface area is 449 Å². The molecule has 2 N–H and O–H groups in total. The van der Waals surface area contributed by atoms with Gasteiger partial charge in [-0.15, -0.1) is 0 Å². The van der Waals surface area contributed by atoms with E-state index in [9.17, 15) is 69.9 Å². The first-order valence-corrected chi connectivity index (χ1v) is 24.0. The van der Waals surface area contributed by atoms with Gasteiger partial charge in [-0.3, -0.25) is 38.4 Å². The van der Waals surface area contributed by atoms with Gasteiger partial charge in [-0.1, -0.05) is 48.5 Å². The maximum absolute atomic E-state index is 14.9. The normalized spacial score (nSPS) is 23.3. The summed E-state index contributed by atoms with van der Waals surface area (Å²) in [5.41, 5.74) is 3.06. The molecule has 3 aliphatic rings. The number of ether oxygens (including phenoxy) is 12. The summed E-state index contributed by atoms with van der Waals surface area (Å²) in [6.45, 7) is 4.35. The van der Waals surface area contributed by atoms with E-state index in [1.165, 1.54) is 0 Å². The van der Waals surface area contributed by atoms with Crippen LogP contribution in [-0.4, -0.2) is 147 Å². The average Bonchev–Trinajstić information content (AvgIpc) is 3.90. The van der Waals surface area contributed by atoms with Crippen molar-refractivity contribution in [3.63, 3.8) is 0 Å². The first-order valence-electron chi connectivity index (χ1n) is 24.0. The number of alkyl carbamates (subject to hydrolysis) is 1. The lowest BCUT2D eigenvalue weighted by atomic mass is 9.95. The molecule has 3 aromatic rings. The highest BCUT2D eigenvalue weighted by molar-refractivity contribution is 5.89. The molecule has 2 heterocycles. The molecule has 80 heavy (non-hydrogen) atoms. The number of hydrogen-bond acceptors (Lipinski definition) is 22. The number of amides is 2. The third-order valence-corrected chi connectivity index (χ3v) is 11.9. The maximum Gasteiger partial charge on any atom is 0.407 e. The monoisotopic (exact) mass is 1140 g/mol. The lowest BCUT2D eigenvalue weighted by molar-refractivity contribution is -0.345. The topological polar surface area (TPSA) is 306 Å². The standard InChI is InChI=1S/C51H51F5N2O22/c1-20(59)69-18-33-42(80-50-47(76-26(7)65)45(74-24(5)63)41(72-22(3)61)34(78-50)19-70-21(2)60)44(73-23(4)62)46(75-25(6)64)48(77-33)58-35(66)16-32(49(67)79-43-39(55)37(53)36(52)38(54)40(43)56)57-51(68)71-17-31-29-14-10-8-12-27(29)28-13-9-11-15-30(28)31/h8-15,31-34,41-42,44-48,50H,16-19H2,1-7H3,(H,57,68)(H,58,66)/t32?,33-,34-,41+,42-,44+,45+,46-,47-,48-,50+/m1/s1. The number of halogens is 5. The van der Waals surface area contributed by atoms with E-state index in [4.69, 9.17) is 52.1 Å². The fraction of sp³-hybridized carbons (Fsp3) is 0.451. The van der Waals surface area contributed by atoms with Crippen molar-refractivity contribution in [1.29, 1.82) is 0 Å². The van der Waals surface area contributed by atoms with E-state index in [1.54, 1.807) is 36.4 Å². The molecule has 24 nitrogen and oxygen atoms in total. The molecule has 2 aliphatic heterocycles. The molecule has 2 saturated heterocycles. The van der Waals surface area contributed by atoms with Gasteiger partial charge in [-0.05, 0) is 22.3 Å². The van der Waals surface area contributed by atoms with Gasteiger partial charge in [-0.2, -0.15) is 8.78 Å². The van der Waals surface area contributed by atoms with E-state index in [-0.39, 0.29) is 0 Å². The SMILES string of the molecule is CC(=O)OC[C@H]1O[C@@H](O[C@H]2[C@H](OC(C)=O)[C@@H](OC(C)=O)[C@H](NC(=O)CC(NC(=O)OCC3c4ccccc4-c4ccccc43)C(=O)Oc3c(F)c(F)c(F)c(F)c3F)O[C@@H]2COC(C)=O)[C@H](OC(C)=O)[C@@H](OC(C)=O)[C@H]1OC(C)=O. The Bertz CT molecular complexity index is 2830. The van der Waals surface area contributed by atoms with Crippen molar-refractivity contribution >= 4 is 59.8 Å². The summed E-state index contributed by atoms with van der Waals surface area (Å²) < 4.78 is 138. The molecule has 1 unspecified atom stereocenters. The summed E-state index contributed by atoms with van der Waals surface area (Å²) in [7, 11) is 0. The Morgan fingerprint density at radius 2 is 0.938 bits per heavy atom. The smallest absolute Gasteiger partial charge is 0.407 e. The lowest BCUT2D eigenvalue weighted by Gasteiger charge is -2.48. The van der Waals surface area contributed by atoms with E-state index in [0.717, 1.165) is 70.7 Å². The van der Waals surface area contributed by atoms with E-state index < -0.39 is 194 Å². The predicted molar refractivity (Wildman–Crippen MR) is 250 cm³/mol. The third kappa shape index (κ3) is 14.9. The van der Waals surface area contributed by atoms with E-state index in [1.807, 2.05) is 17.4 Å². The summed E-state index contributed by atoms with van der Waals surface area (Å²) in [6.07, 6.45) is -22.2. The van der Waals surface area contributed by atoms with Gasteiger partial charge >= 0.3 is 53.8 Å². The fourth-order valence-corrected chi connectivity index (χ4v) is 8.85.